The van der Waals surface area contributed by atoms with Crippen molar-refractivity contribution in [3.8, 4) is 39.3 Å². The molecule has 1 aliphatic heterocycles. The van der Waals surface area contributed by atoms with E-state index in [-0.39, 0.29) is 0 Å². The Bertz CT molecular complexity index is 3930. The van der Waals surface area contributed by atoms with Crippen LogP contribution in [-0.2, 0) is 0 Å². The number of aromatic nitrogens is 3. The second-order valence-corrected chi connectivity index (χ2v) is 16.9. The van der Waals surface area contributed by atoms with E-state index in [1.54, 1.807) is 0 Å². The topological polar surface area (TPSA) is 18.0 Å². The number of hydrogen-bond donors (Lipinski definition) is 0. The maximum atomic E-state index is 2.55. The second kappa shape index (κ2) is 13.4. The van der Waals surface area contributed by atoms with Crippen molar-refractivity contribution in [1.82, 2.24) is 13.7 Å². The lowest BCUT2D eigenvalue weighted by Crippen LogP contribution is -2.15. The number of benzene rings is 10. The van der Waals surface area contributed by atoms with Gasteiger partial charge in [-0.3, -0.25) is 0 Å². The lowest BCUT2D eigenvalue weighted by Gasteiger charge is -2.32. The third-order valence-corrected chi connectivity index (χ3v) is 13.6. The van der Waals surface area contributed by atoms with E-state index in [9.17, 15) is 0 Å². The summed E-state index contributed by atoms with van der Waals surface area (Å²) in [6.45, 7) is 0. The minimum absolute atomic E-state index is 1.09. The number of rotatable bonds is 3. The minimum atomic E-state index is 1.09. The van der Waals surface area contributed by atoms with E-state index in [4.69, 9.17) is 0 Å². The van der Waals surface area contributed by atoms with Crippen molar-refractivity contribution in [2.45, 2.75) is 0 Å². The van der Waals surface area contributed by atoms with Gasteiger partial charge >= 0.3 is 0 Å². The Balaban J connectivity index is 1.16. The highest BCUT2D eigenvalue weighted by Gasteiger charge is 2.29. The zero-order valence-corrected chi connectivity index (χ0v) is 34.7. The first-order valence-electron chi connectivity index (χ1n) is 22.0. The number of nitrogens with zero attached hydrogens (tertiary/aromatic N) is 4. The van der Waals surface area contributed by atoms with Gasteiger partial charge in [0.2, 0.25) is 0 Å². The summed E-state index contributed by atoms with van der Waals surface area (Å²) in [6, 6.07) is 84.9. The molecule has 0 unspecified atom stereocenters. The molecule has 4 heterocycles. The van der Waals surface area contributed by atoms with Crippen LogP contribution in [0.15, 0.2) is 231 Å². The van der Waals surface area contributed by atoms with Gasteiger partial charge in [-0.15, -0.1) is 0 Å². The quantitative estimate of drug-likeness (QED) is 0.174. The number of para-hydroxylation sites is 8. The van der Waals surface area contributed by atoms with E-state index in [0.29, 0.717) is 0 Å². The molecule has 0 spiro atoms. The molecular weight excluding hydrogens is 777 g/mol. The van der Waals surface area contributed by atoms with Gasteiger partial charge in [0.05, 0.1) is 55.8 Å². The highest BCUT2D eigenvalue weighted by molar-refractivity contribution is 6.18. The molecule has 0 saturated carbocycles. The van der Waals surface area contributed by atoms with Gasteiger partial charge in [0.15, 0.2) is 0 Å². The molecule has 4 nitrogen and oxygen atoms in total. The number of hydrogen-bond acceptors (Lipinski definition) is 1. The SMILES string of the molecule is c1ccc(N2c3ccccc3-c3cccc4c5cc(-n6c7ccccc7c7ccccc76)ccc5n(c34)-c3ccccc3-c3c2cccc3-n2c3ccccc3c3ccccc32)cc1. The van der Waals surface area contributed by atoms with Crippen LogP contribution in [0.25, 0.3) is 105 Å². The summed E-state index contributed by atoms with van der Waals surface area (Å²) in [5, 5.41) is 7.40. The fourth-order valence-corrected chi connectivity index (χ4v) is 11.0. The molecular formula is C60H38N4. The standard InChI is InChI=1S/C60H38N4/c1-2-18-39(19-3-1)61-52-30-12-8-24-45(52)46-26-16-27-47-49-38-40(62-50-28-10-4-20-41(50)42-21-5-11-29-51(42)62)36-37-56(49)64(60(46)47)55-33-15-9-25-48(55)59-57(61)34-17-35-58(59)63-53-31-13-6-22-43(53)44-23-7-14-32-54(44)63/h1-38H. The number of anilines is 3. The first-order chi connectivity index (χ1) is 31.8. The van der Waals surface area contributed by atoms with E-state index in [0.717, 1.165) is 56.3 Å². The van der Waals surface area contributed by atoms with Crippen molar-refractivity contribution in [3.63, 3.8) is 0 Å². The molecule has 298 valence electrons. The van der Waals surface area contributed by atoms with Crippen LogP contribution in [0.3, 0.4) is 0 Å². The predicted octanol–water partition coefficient (Wildman–Crippen LogP) is 16.1. The van der Waals surface area contributed by atoms with Crippen molar-refractivity contribution in [3.05, 3.63) is 231 Å². The molecule has 0 aliphatic carbocycles. The van der Waals surface area contributed by atoms with Crippen LogP contribution in [0.4, 0.5) is 17.1 Å². The van der Waals surface area contributed by atoms with E-state index in [1.165, 1.54) is 65.5 Å². The van der Waals surface area contributed by atoms with Gasteiger partial charge in [0.1, 0.15) is 0 Å². The molecule has 4 heteroatoms. The average molecular weight is 815 g/mol. The average Bonchev–Trinajstić information content (AvgIpc) is 4.00. The van der Waals surface area contributed by atoms with Crippen LogP contribution in [0.1, 0.15) is 0 Å². The lowest BCUT2D eigenvalue weighted by molar-refractivity contribution is 1.15. The zero-order valence-electron chi connectivity index (χ0n) is 34.7. The van der Waals surface area contributed by atoms with Crippen LogP contribution < -0.4 is 4.90 Å². The molecule has 0 amide bonds. The van der Waals surface area contributed by atoms with Crippen molar-refractivity contribution in [2.75, 3.05) is 4.90 Å². The van der Waals surface area contributed by atoms with E-state index in [2.05, 4.69) is 249 Å². The summed E-state index contributed by atoms with van der Waals surface area (Å²) < 4.78 is 7.46. The summed E-state index contributed by atoms with van der Waals surface area (Å²) in [4.78, 5) is 2.48. The molecule has 0 fully saturated rings. The summed E-state index contributed by atoms with van der Waals surface area (Å²) in [7, 11) is 0. The Morgan fingerprint density at radius 2 is 0.703 bits per heavy atom. The third kappa shape index (κ3) is 4.82. The van der Waals surface area contributed by atoms with E-state index in [1.807, 2.05) is 0 Å². The highest BCUT2D eigenvalue weighted by Crippen LogP contribution is 2.52. The van der Waals surface area contributed by atoms with Crippen LogP contribution >= 0.6 is 0 Å². The summed E-state index contributed by atoms with van der Waals surface area (Å²) in [5.41, 5.74) is 18.4. The first kappa shape index (κ1) is 35.0. The smallest absolute Gasteiger partial charge is 0.0620 e. The molecule has 64 heavy (non-hydrogen) atoms. The second-order valence-electron chi connectivity index (χ2n) is 16.9. The summed E-state index contributed by atoms with van der Waals surface area (Å²) in [5.74, 6) is 0. The summed E-state index contributed by atoms with van der Waals surface area (Å²) >= 11 is 0. The van der Waals surface area contributed by atoms with Crippen LogP contribution in [0, 0.1) is 0 Å². The fourth-order valence-electron chi connectivity index (χ4n) is 11.0. The van der Waals surface area contributed by atoms with Crippen LogP contribution in [-0.4, -0.2) is 13.7 Å². The van der Waals surface area contributed by atoms with Crippen LogP contribution in [0.2, 0.25) is 0 Å². The summed E-state index contributed by atoms with van der Waals surface area (Å²) in [6.07, 6.45) is 0. The van der Waals surface area contributed by atoms with Crippen molar-refractivity contribution >= 4 is 82.5 Å². The maximum Gasteiger partial charge on any atom is 0.0620 e. The molecule has 0 saturated heterocycles. The Kier molecular flexibility index (Phi) is 7.36. The van der Waals surface area contributed by atoms with Crippen molar-refractivity contribution < 1.29 is 0 Å². The first-order valence-corrected chi connectivity index (χ1v) is 22.0. The van der Waals surface area contributed by atoms with Gasteiger partial charge in [0.25, 0.3) is 0 Å². The molecule has 14 rings (SSSR count). The van der Waals surface area contributed by atoms with Crippen LogP contribution in [0.5, 0.6) is 0 Å². The molecule has 13 aromatic rings. The Morgan fingerprint density at radius 1 is 0.234 bits per heavy atom. The predicted molar refractivity (Wildman–Crippen MR) is 269 cm³/mol. The molecule has 10 aromatic carbocycles. The molecule has 1 aliphatic rings. The Morgan fingerprint density at radius 3 is 1.38 bits per heavy atom. The van der Waals surface area contributed by atoms with Crippen molar-refractivity contribution in [2.24, 2.45) is 0 Å². The van der Waals surface area contributed by atoms with E-state index >= 15 is 0 Å². The molecule has 0 N–H and O–H groups in total. The highest BCUT2D eigenvalue weighted by atomic mass is 15.2. The van der Waals surface area contributed by atoms with Gasteiger partial charge < -0.3 is 18.6 Å². The van der Waals surface area contributed by atoms with Gasteiger partial charge in [-0.25, -0.2) is 0 Å². The van der Waals surface area contributed by atoms with Crippen molar-refractivity contribution in [1.29, 1.82) is 0 Å². The van der Waals surface area contributed by atoms with Gasteiger partial charge in [-0.2, -0.15) is 0 Å². The van der Waals surface area contributed by atoms with Gasteiger partial charge in [-0.1, -0.05) is 152 Å². The monoisotopic (exact) mass is 814 g/mol. The maximum absolute atomic E-state index is 2.55. The minimum Gasteiger partial charge on any atom is -0.309 e. The third-order valence-electron chi connectivity index (χ3n) is 13.6. The zero-order chi connectivity index (χ0) is 41.9. The largest absolute Gasteiger partial charge is 0.309 e. The normalized spacial score (nSPS) is 12.3. The Labute approximate surface area is 369 Å². The Hall–Kier alpha value is -8.60. The molecule has 3 aromatic heterocycles. The van der Waals surface area contributed by atoms with E-state index < -0.39 is 0 Å². The van der Waals surface area contributed by atoms with Gasteiger partial charge in [0, 0.05) is 65.9 Å². The molecule has 0 radical (unpaired) electrons. The fraction of sp³-hybridized carbons (Fsp3) is 0. The molecule has 0 atom stereocenters. The van der Waals surface area contributed by atoms with Gasteiger partial charge in [-0.05, 0) is 78.9 Å². The molecule has 0 bridgehead atoms. The number of fused-ring (bicyclic) bond motifs is 15. The lowest BCUT2D eigenvalue weighted by atomic mass is 9.94.